The molecule has 4 aromatic carbocycles. The molecule has 0 aromatic heterocycles. The number of carbonyl (C=O) groups is 4. The first-order valence-corrected chi connectivity index (χ1v) is 23.2. The van der Waals surface area contributed by atoms with Crippen LogP contribution in [0.4, 0.5) is 45.5 Å². The van der Waals surface area contributed by atoms with Gasteiger partial charge < -0.3 is 51.3 Å². The lowest BCUT2D eigenvalue weighted by Gasteiger charge is -2.35. The minimum absolute atomic E-state index is 0. The molecule has 0 saturated carbocycles. The molecule has 0 spiro atoms. The van der Waals surface area contributed by atoms with E-state index in [9.17, 15) is 39.4 Å². The summed E-state index contributed by atoms with van der Waals surface area (Å²) in [4.78, 5) is 74.1. The number of halogens is 1. The predicted molar refractivity (Wildman–Crippen MR) is 276 cm³/mol. The number of hydrogen-bond donors (Lipinski definition) is 5. The van der Waals surface area contributed by atoms with Crippen LogP contribution in [-0.4, -0.2) is 130 Å². The Balaban J connectivity index is 0.000000194. The van der Waals surface area contributed by atoms with Crippen molar-refractivity contribution in [3.8, 4) is 0 Å². The van der Waals surface area contributed by atoms with Crippen molar-refractivity contribution in [2.24, 2.45) is 0 Å². The lowest BCUT2D eigenvalue weighted by atomic mass is 10.1. The van der Waals surface area contributed by atoms with Gasteiger partial charge in [-0.25, -0.2) is 0 Å². The van der Waals surface area contributed by atoms with Gasteiger partial charge in [-0.05, 0) is 82.5 Å². The number of nitrogens with two attached hydrogens (primary N) is 1. The summed E-state index contributed by atoms with van der Waals surface area (Å²) in [6, 6.07) is 21.1. The first-order valence-electron chi connectivity index (χ1n) is 23.2. The van der Waals surface area contributed by atoms with Crippen molar-refractivity contribution in [1.82, 2.24) is 15.1 Å². The zero-order valence-corrected chi connectivity index (χ0v) is 41.4. The molecule has 4 aromatic rings. The summed E-state index contributed by atoms with van der Waals surface area (Å²) in [5, 5.41) is 33.3. The van der Waals surface area contributed by atoms with Crippen molar-refractivity contribution in [3.05, 3.63) is 115 Å². The van der Waals surface area contributed by atoms with Crippen molar-refractivity contribution in [2.45, 2.75) is 52.4 Å². The van der Waals surface area contributed by atoms with Crippen LogP contribution in [0.25, 0.3) is 0 Å². The number of nitro benzene ring substituents is 2. The van der Waals surface area contributed by atoms with E-state index >= 15 is 0 Å². The van der Waals surface area contributed by atoms with E-state index in [2.05, 4.69) is 85.7 Å². The Hall–Kier alpha value is -6.87. The quantitative estimate of drug-likeness (QED) is 0.0556. The average Bonchev–Trinajstić information content (AvgIpc) is 4.05. The molecule has 21 heteroatoms. The number of anilines is 6. The monoisotopic (exact) mass is 987 g/mol. The molecule has 20 nitrogen and oxygen atoms in total. The highest BCUT2D eigenvalue weighted by molar-refractivity contribution is 6.02. The van der Waals surface area contributed by atoms with Gasteiger partial charge in [0.2, 0.25) is 17.7 Å². The van der Waals surface area contributed by atoms with E-state index < -0.39 is 33.6 Å². The van der Waals surface area contributed by atoms with Crippen LogP contribution in [0.5, 0.6) is 0 Å². The number of ether oxygens (including phenoxy) is 1. The van der Waals surface area contributed by atoms with E-state index in [1.54, 1.807) is 6.07 Å². The summed E-state index contributed by atoms with van der Waals surface area (Å²) in [5.74, 6) is -0.528. The third-order valence-electron chi connectivity index (χ3n) is 11.9. The highest BCUT2D eigenvalue weighted by Crippen LogP contribution is 2.34. The largest absolute Gasteiger partial charge is 0.469 e. The topological polar surface area (TPSA) is 251 Å². The van der Waals surface area contributed by atoms with Crippen LogP contribution in [0, 0.1) is 20.2 Å². The van der Waals surface area contributed by atoms with Crippen molar-refractivity contribution >= 4 is 81.6 Å². The van der Waals surface area contributed by atoms with E-state index in [-0.39, 0.29) is 35.7 Å². The molecular weight excluding hydrogens is 922 g/mol. The maximum absolute atomic E-state index is 11.4. The molecule has 5 heterocycles. The number of benzene rings is 4. The Morgan fingerprint density at radius 3 is 1.51 bits per heavy atom. The van der Waals surface area contributed by atoms with Crippen molar-refractivity contribution < 1.29 is 33.8 Å². The molecule has 2 saturated heterocycles. The Bertz CT molecular complexity index is 2420. The maximum Gasteiger partial charge on any atom is 0.310 e. The number of nitrogens with one attached hydrogen (secondary N) is 4. The molecule has 0 atom stereocenters. The van der Waals surface area contributed by atoms with E-state index in [4.69, 9.17) is 5.73 Å². The van der Waals surface area contributed by atoms with Gasteiger partial charge in [0, 0.05) is 115 Å². The molecule has 9 rings (SSSR count). The number of likely N-dealkylation sites (N-methyl/N-ethyl adjacent to an activating group) is 1. The standard InChI is InChI=1S/C13H17N3O.C12H15N3O.C9H8N2O6.C8H8N2O.C7H17N.ClH/c1-15-5-7-16(8-6-15)12-4-2-3-11-10(12)9-13(17)14-11;16-12-8-9-10(14-12)2-1-3-11(9)15-6-4-13-5-7-15;1-17-9(12)5-6-7(10(13)14)3-2-4-8(6)11(15)16;9-6-2-1-3-7-5(6)4-8(11)10-7;1-4-6-8(3)7-5-2;/h2-4H,5-9H2,1H3,(H,14,17);1-3,13H,4-8H2,(H,14,16);2-4H,5H2,1H3;1-3H,4,9H2,(H,10,11);4-7H2,1-3H3;1H. The normalized spacial score (nSPS) is 15.2. The molecule has 6 N–H and O–H groups in total. The minimum atomic E-state index is -0.776. The van der Waals surface area contributed by atoms with Gasteiger partial charge in [-0.2, -0.15) is 0 Å². The predicted octanol–water partition coefficient (Wildman–Crippen LogP) is 5.67. The Labute approximate surface area is 415 Å². The summed E-state index contributed by atoms with van der Waals surface area (Å²) < 4.78 is 4.34. The minimum Gasteiger partial charge on any atom is -0.469 e. The van der Waals surface area contributed by atoms with Gasteiger partial charge in [-0.1, -0.05) is 32.0 Å². The number of piperazine rings is 2. The maximum atomic E-state index is 11.4. The summed E-state index contributed by atoms with van der Waals surface area (Å²) in [7, 11) is 5.42. The number of methoxy groups -OCH3 is 1. The molecule has 5 aliphatic rings. The van der Waals surface area contributed by atoms with Gasteiger partial charge >= 0.3 is 5.97 Å². The first-order chi connectivity index (χ1) is 33.1. The second-order valence-electron chi connectivity index (χ2n) is 17.0. The third-order valence-corrected chi connectivity index (χ3v) is 11.9. The smallest absolute Gasteiger partial charge is 0.310 e. The van der Waals surface area contributed by atoms with Crippen LogP contribution >= 0.6 is 12.4 Å². The van der Waals surface area contributed by atoms with E-state index in [0.29, 0.717) is 24.9 Å². The lowest BCUT2D eigenvalue weighted by molar-refractivity contribution is -0.395. The molecule has 5 aliphatic heterocycles. The number of fused-ring (bicyclic) bond motifs is 3. The molecule has 0 aliphatic carbocycles. The highest BCUT2D eigenvalue weighted by Gasteiger charge is 2.28. The molecule has 0 bridgehead atoms. The van der Waals surface area contributed by atoms with Gasteiger partial charge in [0.25, 0.3) is 11.4 Å². The summed E-state index contributed by atoms with van der Waals surface area (Å²) >= 11 is 0. The fourth-order valence-electron chi connectivity index (χ4n) is 8.46. The molecule has 70 heavy (non-hydrogen) atoms. The second-order valence-corrected chi connectivity index (χ2v) is 17.0. The van der Waals surface area contributed by atoms with Gasteiger partial charge in [-0.15, -0.1) is 12.4 Å². The zero-order chi connectivity index (χ0) is 50.0. The molecule has 0 radical (unpaired) electrons. The first kappa shape index (κ1) is 55.7. The number of nitro groups is 2. The molecule has 378 valence electrons. The summed E-state index contributed by atoms with van der Waals surface area (Å²) in [6.07, 6.45) is 3.51. The molecule has 3 amide bonds. The third kappa shape index (κ3) is 15.6. The van der Waals surface area contributed by atoms with Gasteiger partial charge in [0.05, 0.1) is 42.6 Å². The number of nitrogens with zero attached hydrogens (tertiary/aromatic N) is 6. The number of hydrogen-bond acceptors (Lipinski definition) is 15. The van der Waals surface area contributed by atoms with Crippen LogP contribution in [0.1, 0.15) is 48.9 Å². The molecule has 2 fully saturated rings. The highest BCUT2D eigenvalue weighted by atomic mass is 35.5. The average molecular weight is 989 g/mol. The summed E-state index contributed by atoms with van der Waals surface area (Å²) in [6.45, 7) is 15.3. The lowest BCUT2D eigenvalue weighted by Crippen LogP contribution is -2.44. The van der Waals surface area contributed by atoms with Crippen LogP contribution in [0.2, 0.25) is 0 Å². The number of nitrogen functional groups attached to an aromatic ring is 1. The second kappa shape index (κ2) is 27.4. The Morgan fingerprint density at radius 1 is 0.671 bits per heavy atom. The van der Waals surface area contributed by atoms with E-state index in [1.807, 2.05) is 36.4 Å². The Kier molecular flexibility index (Phi) is 21.8. The fourth-order valence-corrected chi connectivity index (χ4v) is 8.46. The Morgan fingerprint density at radius 2 is 1.09 bits per heavy atom. The van der Waals surface area contributed by atoms with Crippen molar-refractivity contribution in [1.29, 1.82) is 0 Å². The van der Waals surface area contributed by atoms with Gasteiger partial charge in [0.1, 0.15) is 5.56 Å². The summed E-state index contributed by atoms with van der Waals surface area (Å²) in [5.41, 5.74) is 13.7. The van der Waals surface area contributed by atoms with Crippen LogP contribution < -0.4 is 36.8 Å². The number of amides is 3. The SMILES string of the molecule is CCCN(C)CCC.CN1CCN(c2cccc3c2CC(=O)N3)CC1.COC(=O)Cc1c([N+](=O)[O-])cccc1[N+](=O)[O-].Cl.Nc1cccc2c1CC(=O)N2.O=C1Cc2c(cccc2N2CCNCC2)N1. The number of rotatable bonds is 10. The number of carbonyl (C=O) groups excluding carboxylic acids is 4. The van der Waals surface area contributed by atoms with Gasteiger partial charge in [-0.3, -0.25) is 39.4 Å². The van der Waals surface area contributed by atoms with Gasteiger partial charge in [0.15, 0.2) is 0 Å². The van der Waals surface area contributed by atoms with Crippen molar-refractivity contribution in [2.75, 3.05) is 118 Å². The van der Waals surface area contributed by atoms with Crippen LogP contribution in [0.15, 0.2) is 72.8 Å². The molecule has 0 unspecified atom stereocenters. The van der Waals surface area contributed by atoms with Crippen LogP contribution in [-0.2, 0) is 49.6 Å². The van der Waals surface area contributed by atoms with Crippen LogP contribution in [0.3, 0.4) is 0 Å². The zero-order valence-electron chi connectivity index (χ0n) is 40.6. The fraction of sp³-hybridized carbons (Fsp3) is 0.429. The van der Waals surface area contributed by atoms with Crippen molar-refractivity contribution in [3.63, 3.8) is 0 Å². The number of esters is 1. The molecular formula is C49H66ClN11O9. The van der Waals surface area contributed by atoms with E-state index in [0.717, 1.165) is 99.8 Å². The van der Waals surface area contributed by atoms with E-state index in [1.165, 1.54) is 48.9 Å².